The van der Waals surface area contributed by atoms with Crippen molar-refractivity contribution in [1.82, 2.24) is 0 Å². The van der Waals surface area contributed by atoms with Gasteiger partial charge in [-0.15, -0.1) is 0 Å². The second-order valence-electron chi connectivity index (χ2n) is 5.84. The Kier molecular flexibility index (Phi) is 5.37. The molecule has 1 atom stereocenters. The Morgan fingerprint density at radius 2 is 1.67 bits per heavy atom. The molecular weight excluding hydrogens is 376 g/mol. The van der Waals surface area contributed by atoms with Gasteiger partial charge in [-0.25, -0.2) is 13.6 Å². The lowest BCUT2D eigenvalue weighted by molar-refractivity contribution is -0.123. The minimum atomic E-state index is -1.24. The van der Waals surface area contributed by atoms with Crippen molar-refractivity contribution in [1.29, 1.82) is 0 Å². The van der Waals surface area contributed by atoms with Crippen LogP contribution < -0.4 is 5.32 Å². The number of benzene rings is 3. The Morgan fingerprint density at radius 1 is 1.00 bits per heavy atom. The summed E-state index contributed by atoms with van der Waals surface area (Å²) in [7, 11) is 0. The van der Waals surface area contributed by atoms with E-state index < -0.39 is 29.6 Å². The standard InChI is InChI=1S/C20H14ClF2NO3/c1-11(27-20(26)15-9-17(22)18(23)10-16(15)21)19(25)24-14-7-6-12-4-2-3-5-13(12)8-14/h2-11H,1H3,(H,24,25). The maximum Gasteiger partial charge on any atom is 0.340 e. The fourth-order valence-electron chi connectivity index (χ4n) is 2.47. The number of esters is 1. The van der Waals surface area contributed by atoms with E-state index in [1.54, 1.807) is 12.1 Å². The van der Waals surface area contributed by atoms with Crippen LogP contribution in [-0.4, -0.2) is 18.0 Å². The first kappa shape index (κ1) is 18.8. The maximum absolute atomic E-state index is 13.3. The van der Waals surface area contributed by atoms with Gasteiger partial charge in [0.2, 0.25) is 0 Å². The molecule has 3 rings (SSSR count). The fourth-order valence-corrected chi connectivity index (χ4v) is 2.70. The summed E-state index contributed by atoms with van der Waals surface area (Å²) in [4.78, 5) is 24.4. The summed E-state index contributed by atoms with van der Waals surface area (Å²) in [6.07, 6.45) is -1.17. The van der Waals surface area contributed by atoms with Crippen LogP contribution in [0.25, 0.3) is 10.8 Å². The lowest BCUT2D eigenvalue weighted by Gasteiger charge is -2.14. The van der Waals surface area contributed by atoms with Gasteiger partial charge in [-0.3, -0.25) is 4.79 Å². The number of halogens is 3. The van der Waals surface area contributed by atoms with Crippen LogP contribution in [0.3, 0.4) is 0 Å². The normalized spacial score (nSPS) is 11.9. The molecule has 4 nitrogen and oxygen atoms in total. The molecule has 1 amide bonds. The van der Waals surface area contributed by atoms with Gasteiger partial charge in [0, 0.05) is 5.69 Å². The quantitative estimate of drug-likeness (QED) is 0.507. The first-order chi connectivity index (χ1) is 12.8. The van der Waals surface area contributed by atoms with Crippen molar-refractivity contribution < 1.29 is 23.1 Å². The van der Waals surface area contributed by atoms with Gasteiger partial charge in [-0.2, -0.15) is 0 Å². The number of carbonyl (C=O) groups is 2. The van der Waals surface area contributed by atoms with E-state index in [2.05, 4.69) is 5.32 Å². The third-order valence-corrected chi connectivity index (χ3v) is 4.21. The number of hydrogen-bond donors (Lipinski definition) is 1. The van der Waals surface area contributed by atoms with E-state index >= 15 is 0 Å². The van der Waals surface area contributed by atoms with Gasteiger partial charge < -0.3 is 10.1 Å². The average Bonchev–Trinajstić information content (AvgIpc) is 2.64. The fraction of sp³-hybridized carbons (Fsp3) is 0.100. The molecule has 7 heteroatoms. The molecule has 0 aliphatic heterocycles. The van der Waals surface area contributed by atoms with Crippen LogP contribution in [0.1, 0.15) is 17.3 Å². The third-order valence-electron chi connectivity index (χ3n) is 3.90. The van der Waals surface area contributed by atoms with E-state index in [0.29, 0.717) is 17.8 Å². The summed E-state index contributed by atoms with van der Waals surface area (Å²) >= 11 is 5.74. The average molecular weight is 390 g/mol. The number of fused-ring (bicyclic) bond motifs is 1. The minimum Gasteiger partial charge on any atom is -0.449 e. The molecule has 3 aromatic rings. The topological polar surface area (TPSA) is 55.4 Å². The van der Waals surface area contributed by atoms with Crippen LogP contribution in [0.5, 0.6) is 0 Å². The van der Waals surface area contributed by atoms with E-state index in [1.807, 2.05) is 30.3 Å². The van der Waals surface area contributed by atoms with E-state index in [4.69, 9.17) is 16.3 Å². The SMILES string of the molecule is CC(OC(=O)c1cc(F)c(F)cc1Cl)C(=O)Nc1ccc2ccccc2c1. The molecule has 1 unspecified atom stereocenters. The Bertz CT molecular complexity index is 1040. The van der Waals surface area contributed by atoms with Crippen molar-refractivity contribution in [3.8, 4) is 0 Å². The van der Waals surface area contributed by atoms with Crippen molar-refractivity contribution in [3.05, 3.63) is 76.8 Å². The van der Waals surface area contributed by atoms with Crippen LogP contribution >= 0.6 is 11.6 Å². The van der Waals surface area contributed by atoms with Crippen molar-refractivity contribution in [3.63, 3.8) is 0 Å². The van der Waals surface area contributed by atoms with Crippen LogP contribution in [-0.2, 0) is 9.53 Å². The molecule has 0 spiro atoms. The number of hydrogen-bond acceptors (Lipinski definition) is 3. The van der Waals surface area contributed by atoms with Crippen molar-refractivity contribution >= 4 is 39.9 Å². The molecular formula is C20H14ClF2NO3. The van der Waals surface area contributed by atoms with Crippen LogP contribution in [0.15, 0.2) is 54.6 Å². The van der Waals surface area contributed by atoms with Crippen LogP contribution in [0.2, 0.25) is 5.02 Å². The van der Waals surface area contributed by atoms with E-state index in [0.717, 1.165) is 10.8 Å². The Hall–Kier alpha value is -2.99. The molecule has 0 fully saturated rings. The molecule has 0 bridgehead atoms. The molecule has 0 aromatic heterocycles. The second kappa shape index (κ2) is 7.72. The number of ether oxygens (including phenoxy) is 1. The molecule has 0 aliphatic carbocycles. The monoisotopic (exact) mass is 389 g/mol. The van der Waals surface area contributed by atoms with Gasteiger partial charge >= 0.3 is 5.97 Å². The lowest BCUT2D eigenvalue weighted by atomic mass is 10.1. The van der Waals surface area contributed by atoms with Gasteiger partial charge in [-0.05, 0) is 42.0 Å². The summed E-state index contributed by atoms with van der Waals surface area (Å²) in [5.41, 5.74) is 0.174. The molecule has 0 saturated heterocycles. The molecule has 138 valence electrons. The predicted molar refractivity (Wildman–Crippen MR) is 98.8 cm³/mol. The molecule has 1 N–H and O–H groups in total. The predicted octanol–water partition coefficient (Wildman–Crippen LogP) is 4.96. The minimum absolute atomic E-state index is 0.305. The third kappa shape index (κ3) is 4.23. The molecule has 0 heterocycles. The second-order valence-corrected chi connectivity index (χ2v) is 6.25. The highest BCUT2D eigenvalue weighted by Gasteiger charge is 2.22. The molecule has 0 aliphatic rings. The summed E-state index contributed by atoms with van der Waals surface area (Å²) in [6.45, 7) is 1.36. The summed E-state index contributed by atoms with van der Waals surface area (Å²) in [5, 5.41) is 4.29. The maximum atomic E-state index is 13.3. The van der Waals surface area contributed by atoms with Gasteiger partial charge in [0.25, 0.3) is 5.91 Å². The largest absolute Gasteiger partial charge is 0.449 e. The Balaban J connectivity index is 1.69. The van der Waals surface area contributed by atoms with Crippen LogP contribution in [0, 0.1) is 11.6 Å². The van der Waals surface area contributed by atoms with Gasteiger partial charge in [0.1, 0.15) is 0 Å². The highest BCUT2D eigenvalue weighted by molar-refractivity contribution is 6.33. The van der Waals surface area contributed by atoms with Crippen molar-refractivity contribution in [2.24, 2.45) is 0 Å². The van der Waals surface area contributed by atoms with E-state index in [1.165, 1.54) is 6.92 Å². The number of nitrogens with one attached hydrogen (secondary N) is 1. The summed E-state index contributed by atoms with van der Waals surface area (Å²) in [5.74, 6) is -4.02. The van der Waals surface area contributed by atoms with Crippen molar-refractivity contribution in [2.75, 3.05) is 5.32 Å². The van der Waals surface area contributed by atoms with Crippen LogP contribution in [0.4, 0.5) is 14.5 Å². The Labute approximate surface area is 158 Å². The first-order valence-electron chi connectivity index (χ1n) is 8.00. The van der Waals surface area contributed by atoms with Gasteiger partial charge in [0.05, 0.1) is 10.6 Å². The number of carbonyl (C=O) groups excluding carboxylic acids is 2. The highest BCUT2D eigenvalue weighted by atomic mass is 35.5. The smallest absolute Gasteiger partial charge is 0.340 e. The molecule has 27 heavy (non-hydrogen) atoms. The number of amides is 1. The summed E-state index contributed by atoms with van der Waals surface area (Å²) < 4.78 is 31.4. The number of rotatable bonds is 4. The first-order valence-corrected chi connectivity index (χ1v) is 8.38. The zero-order chi connectivity index (χ0) is 19.6. The molecule has 0 saturated carbocycles. The van der Waals surface area contributed by atoms with E-state index in [-0.39, 0.29) is 10.6 Å². The zero-order valence-corrected chi connectivity index (χ0v) is 14.9. The molecule has 0 radical (unpaired) electrons. The number of anilines is 1. The zero-order valence-electron chi connectivity index (χ0n) is 14.1. The van der Waals surface area contributed by atoms with Gasteiger partial charge in [0.15, 0.2) is 17.7 Å². The van der Waals surface area contributed by atoms with Crippen molar-refractivity contribution in [2.45, 2.75) is 13.0 Å². The van der Waals surface area contributed by atoms with Gasteiger partial charge in [-0.1, -0.05) is 41.9 Å². The lowest BCUT2D eigenvalue weighted by Crippen LogP contribution is -2.30. The highest BCUT2D eigenvalue weighted by Crippen LogP contribution is 2.22. The van der Waals surface area contributed by atoms with E-state index in [9.17, 15) is 18.4 Å². The Morgan fingerprint density at radius 3 is 2.41 bits per heavy atom. The molecule has 3 aromatic carbocycles. The summed E-state index contributed by atoms with van der Waals surface area (Å²) in [6, 6.07) is 14.3.